The van der Waals surface area contributed by atoms with Crippen LogP contribution in [0.25, 0.3) is 0 Å². The number of hydrogen-bond donors (Lipinski definition) is 1. The molecule has 0 bridgehead atoms. The first-order valence-corrected chi connectivity index (χ1v) is 7.18. The summed E-state index contributed by atoms with van der Waals surface area (Å²) >= 11 is 0. The molecule has 4 heteroatoms. The molecule has 0 aliphatic carbocycles. The van der Waals surface area contributed by atoms with Crippen LogP contribution in [-0.2, 0) is 16.4 Å². The molecule has 0 radical (unpaired) electrons. The van der Waals surface area contributed by atoms with E-state index in [1.165, 1.54) is 5.56 Å². The molecule has 0 fully saturated rings. The second-order valence-corrected chi connectivity index (χ2v) is 5.84. The average molecular weight is 261 g/mol. The van der Waals surface area contributed by atoms with Crippen molar-refractivity contribution < 1.29 is 8.42 Å². The summed E-state index contributed by atoms with van der Waals surface area (Å²) in [6, 6.07) is 14.8. The van der Waals surface area contributed by atoms with Crippen molar-refractivity contribution in [2.24, 2.45) is 5.14 Å². The second kappa shape index (κ2) is 4.92. The molecule has 0 aliphatic rings. The quantitative estimate of drug-likeness (QED) is 0.921. The molecular weight excluding hydrogens is 246 g/mol. The monoisotopic (exact) mass is 261 g/mol. The van der Waals surface area contributed by atoms with Crippen molar-refractivity contribution in [1.29, 1.82) is 0 Å². The van der Waals surface area contributed by atoms with Gasteiger partial charge in [0, 0.05) is 0 Å². The average Bonchev–Trinajstić information content (AvgIpc) is 2.31. The van der Waals surface area contributed by atoms with Crippen LogP contribution in [0.3, 0.4) is 0 Å². The molecule has 0 saturated heterocycles. The molecule has 2 N–H and O–H groups in total. The summed E-state index contributed by atoms with van der Waals surface area (Å²) in [5.74, 6) is 0. The highest BCUT2D eigenvalue weighted by Gasteiger charge is 2.12. The normalized spacial score (nSPS) is 11.4. The number of nitrogens with two attached hydrogens (primary N) is 1. The molecule has 3 nitrogen and oxygen atoms in total. The number of aryl methyl sites for hydroxylation is 1. The van der Waals surface area contributed by atoms with Gasteiger partial charge in [0.2, 0.25) is 10.0 Å². The Kier molecular flexibility index (Phi) is 3.50. The number of rotatable bonds is 3. The van der Waals surface area contributed by atoms with Crippen LogP contribution < -0.4 is 5.14 Å². The summed E-state index contributed by atoms with van der Waals surface area (Å²) < 4.78 is 23.0. The number of primary sulfonamides is 1. The van der Waals surface area contributed by atoms with Gasteiger partial charge in [-0.2, -0.15) is 0 Å². The van der Waals surface area contributed by atoms with Gasteiger partial charge in [-0.15, -0.1) is 0 Å². The van der Waals surface area contributed by atoms with Crippen molar-refractivity contribution >= 4 is 10.0 Å². The fraction of sp³-hybridized carbons (Fsp3) is 0.143. The highest BCUT2D eigenvalue weighted by Crippen LogP contribution is 2.18. The Bertz CT molecular complexity index is 646. The number of hydrogen-bond acceptors (Lipinski definition) is 2. The van der Waals surface area contributed by atoms with E-state index >= 15 is 0 Å². The van der Waals surface area contributed by atoms with Crippen molar-refractivity contribution in [3.8, 4) is 0 Å². The molecule has 2 aromatic carbocycles. The molecule has 0 aromatic heterocycles. The lowest BCUT2D eigenvalue weighted by molar-refractivity contribution is 0.597. The Morgan fingerprint density at radius 3 is 2.22 bits per heavy atom. The standard InChI is InChI=1S/C14H15NO2S/c1-11-6-8-12(9-7-11)10-13-4-2-3-5-14(13)18(15,16)17/h2-9H,10H2,1H3,(H2,15,16,17). The molecule has 2 rings (SSSR count). The van der Waals surface area contributed by atoms with Crippen molar-refractivity contribution in [1.82, 2.24) is 0 Å². The minimum atomic E-state index is -3.66. The first-order valence-electron chi connectivity index (χ1n) is 5.63. The molecule has 0 spiro atoms. The van der Waals surface area contributed by atoms with Gasteiger partial charge in [0.25, 0.3) is 0 Å². The molecule has 0 saturated carbocycles. The van der Waals surface area contributed by atoms with Crippen molar-refractivity contribution in [3.63, 3.8) is 0 Å². The van der Waals surface area contributed by atoms with E-state index in [4.69, 9.17) is 5.14 Å². The van der Waals surface area contributed by atoms with Crippen LogP contribution in [0.5, 0.6) is 0 Å². The van der Waals surface area contributed by atoms with Gasteiger partial charge < -0.3 is 0 Å². The lowest BCUT2D eigenvalue weighted by Gasteiger charge is -2.07. The predicted molar refractivity (Wildman–Crippen MR) is 71.8 cm³/mol. The summed E-state index contributed by atoms with van der Waals surface area (Å²) in [6.07, 6.45) is 0.562. The topological polar surface area (TPSA) is 60.2 Å². The van der Waals surface area contributed by atoms with Gasteiger partial charge in [0.15, 0.2) is 0 Å². The molecule has 2 aromatic rings. The Hall–Kier alpha value is -1.65. The lowest BCUT2D eigenvalue weighted by Crippen LogP contribution is -2.14. The smallest absolute Gasteiger partial charge is 0.225 e. The highest BCUT2D eigenvalue weighted by atomic mass is 32.2. The van der Waals surface area contributed by atoms with E-state index in [2.05, 4.69) is 0 Å². The molecule has 0 aliphatic heterocycles. The van der Waals surface area contributed by atoms with Crippen molar-refractivity contribution in [2.45, 2.75) is 18.2 Å². The number of sulfonamides is 1. The first kappa shape index (κ1) is 12.8. The van der Waals surface area contributed by atoms with E-state index in [0.717, 1.165) is 11.1 Å². The third kappa shape index (κ3) is 2.97. The minimum absolute atomic E-state index is 0.200. The largest absolute Gasteiger partial charge is 0.238 e. The maximum atomic E-state index is 11.5. The third-order valence-corrected chi connectivity index (χ3v) is 3.81. The number of benzene rings is 2. The Balaban J connectivity index is 2.38. The van der Waals surface area contributed by atoms with E-state index < -0.39 is 10.0 Å². The summed E-state index contributed by atoms with van der Waals surface area (Å²) in [6.45, 7) is 2.02. The van der Waals surface area contributed by atoms with E-state index in [9.17, 15) is 8.42 Å². The van der Waals surface area contributed by atoms with Gasteiger partial charge in [-0.25, -0.2) is 13.6 Å². The zero-order valence-electron chi connectivity index (χ0n) is 10.1. The molecule has 0 heterocycles. The van der Waals surface area contributed by atoms with Crippen LogP contribution in [-0.4, -0.2) is 8.42 Å². The Morgan fingerprint density at radius 2 is 1.61 bits per heavy atom. The van der Waals surface area contributed by atoms with Gasteiger partial charge in [0.1, 0.15) is 0 Å². The van der Waals surface area contributed by atoms with Crippen LogP contribution >= 0.6 is 0 Å². The maximum Gasteiger partial charge on any atom is 0.238 e. The summed E-state index contributed by atoms with van der Waals surface area (Å²) in [5, 5.41) is 5.21. The van der Waals surface area contributed by atoms with Gasteiger partial charge in [-0.05, 0) is 30.5 Å². The van der Waals surface area contributed by atoms with E-state index in [-0.39, 0.29) is 4.90 Å². The van der Waals surface area contributed by atoms with E-state index in [1.54, 1.807) is 18.2 Å². The fourth-order valence-electron chi connectivity index (χ4n) is 1.85. The first-order chi connectivity index (χ1) is 8.47. The third-order valence-electron chi connectivity index (χ3n) is 2.79. The van der Waals surface area contributed by atoms with Gasteiger partial charge in [0.05, 0.1) is 4.90 Å². The van der Waals surface area contributed by atoms with Gasteiger partial charge in [-0.1, -0.05) is 48.0 Å². The SMILES string of the molecule is Cc1ccc(Cc2ccccc2S(N)(=O)=O)cc1. The predicted octanol–water partition coefficient (Wildman–Crippen LogP) is 2.23. The Labute approximate surface area is 107 Å². The van der Waals surface area contributed by atoms with Gasteiger partial charge in [-0.3, -0.25) is 0 Å². The van der Waals surface area contributed by atoms with Gasteiger partial charge >= 0.3 is 0 Å². The summed E-state index contributed by atoms with van der Waals surface area (Å²) in [5.41, 5.74) is 2.97. The van der Waals surface area contributed by atoms with Crippen molar-refractivity contribution in [2.75, 3.05) is 0 Å². The maximum absolute atomic E-state index is 11.5. The zero-order valence-corrected chi connectivity index (χ0v) is 10.9. The van der Waals surface area contributed by atoms with Crippen LogP contribution in [0.1, 0.15) is 16.7 Å². The second-order valence-electron chi connectivity index (χ2n) is 4.32. The minimum Gasteiger partial charge on any atom is -0.225 e. The van der Waals surface area contributed by atoms with E-state index in [0.29, 0.717) is 6.42 Å². The molecule has 94 valence electrons. The Morgan fingerprint density at radius 1 is 1.00 bits per heavy atom. The van der Waals surface area contributed by atoms with Crippen LogP contribution in [0.2, 0.25) is 0 Å². The van der Waals surface area contributed by atoms with E-state index in [1.807, 2.05) is 37.3 Å². The highest BCUT2D eigenvalue weighted by molar-refractivity contribution is 7.89. The summed E-state index contributed by atoms with van der Waals surface area (Å²) in [7, 11) is -3.66. The molecular formula is C14H15NO2S. The lowest BCUT2D eigenvalue weighted by atomic mass is 10.0. The molecule has 0 amide bonds. The molecule has 18 heavy (non-hydrogen) atoms. The van der Waals surface area contributed by atoms with Crippen LogP contribution in [0.4, 0.5) is 0 Å². The molecule has 0 atom stereocenters. The van der Waals surface area contributed by atoms with Crippen LogP contribution in [0.15, 0.2) is 53.4 Å². The van der Waals surface area contributed by atoms with Crippen molar-refractivity contribution in [3.05, 3.63) is 65.2 Å². The zero-order chi connectivity index (χ0) is 13.2. The molecule has 0 unspecified atom stereocenters. The fourth-order valence-corrected chi connectivity index (χ4v) is 2.63. The van der Waals surface area contributed by atoms with Crippen LogP contribution in [0, 0.1) is 6.92 Å². The summed E-state index contributed by atoms with van der Waals surface area (Å²) in [4.78, 5) is 0.200.